The van der Waals surface area contributed by atoms with Crippen LogP contribution in [0.5, 0.6) is 0 Å². The molecule has 8 nitrogen and oxygen atoms in total. The minimum Gasteiger partial charge on any atom is -0.324 e. The molecule has 0 bridgehead atoms. The highest BCUT2D eigenvalue weighted by Crippen LogP contribution is 2.18. The van der Waals surface area contributed by atoms with Gasteiger partial charge in [0.15, 0.2) is 0 Å². The van der Waals surface area contributed by atoms with Crippen molar-refractivity contribution in [3.05, 3.63) is 89.7 Å². The van der Waals surface area contributed by atoms with Crippen LogP contribution in [-0.2, 0) is 11.3 Å². The molecule has 0 aliphatic carbocycles. The van der Waals surface area contributed by atoms with E-state index < -0.39 is 17.6 Å². The summed E-state index contributed by atoms with van der Waals surface area (Å²) in [4.78, 5) is 26.4. The Hall–Kier alpha value is -4.40. The maximum Gasteiger partial charge on any atom is 0.257 e. The molecule has 2 amide bonds. The third-order valence-electron chi connectivity index (χ3n) is 4.60. The SMILES string of the molecule is Cc1ccc(-c2nnn(CC(=O)Nc3ccccc3C(=O)Nc3ccc(F)cc3)n2)cc1. The standard InChI is InChI=1S/C23H19FN6O2/c1-15-6-8-16(9-7-15)22-27-29-30(28-22)14-21(31)26-20-5-3-2-4-19(20)23(32)25-18-12-10-17(24)11-13-18/h2-13H,14H2,1H3,(H,25,32)(H,26,31). The summed E-state index contributed by atoms with van der Waals surface area (Å²) in [5.74, 6) is -0.840. The van der Waals surface area contributed by atoms with Crippen molar-refractivity contribution in [2.45, 2.75) is 13.5 Å². The van der Waals surface area contributed by atoms with E-state index in [4.69, 9.17) is 0 Å². The molecule has 2 N–H and O–H groups in total. The lowest BCUT2D eigenvalue weighted by molar-refractivity contribution is -0.117. The van der Waals surface area contributed by atoms with Gasteiger partial charge >= 0.3 is 0 Å². The van der Waals surface area contributed by atoms with Crippen LogP contribution in [0, 0.1) is 12.7 Å². The monoisotopic (exact) mass is 430 g/mol. The van der Waals surface area contributed by atoms with Gasteiger partial charge in [-0.05, 0) is 48.5 Å². The van der Waals surface area contributed by atoms with Gasteiger partial charge < -0.3 is 10.6 Å². The van der Waals surface area contributed by atoms with E-state index >= 15 is 0 Å². The van der Waals surface area contributed by atoms with Gasteiger partial charge in [0.05, 0.1) is 11.3 Å². The molecule has 0 saturated heterocycles. The van der Waals surface area contributed by atoms with Crippen LogP contribution in [0.25, 0.3) is 11.4 Å². The summed E-state index contributed by atoms with van der Waals surface area (Å²) in [7, 11) is 0. The highest BCUT2D eigenvalue weighted by molar-refractivity contribution is 6.10. The molecule has 0 aliphatic heterocycles. The van der Waals surface area contributed by atoms with Crippen molar-refractivity contribution in [1.82, 2.24) is 20.2 Å². The fourth-order valence-electron chi connectivity index (χ4n) is 2.97. The summed E-state index contributed by atoms with van der Waals surface area (Å²) < 4.78 is 13.1. The maximum atomic E-state index is 13.1. The first-order chi connectivity index (χ1) is 15.5. The lowest BCUT2D eigenvalue weighted by atomic mass is 10.1. The van der Waals surface area contributed by atoms with Gasteiger partial charge in [0.25, 0.3) is 5.91 Å². The molecule has 0 fully saturated rings. The number of nitrogens with zero attached hydrogens (tertiary/aromatic N) is 4. The number of halogens is 1. The Morgan fingerprint density at radius 2 is 1.66 bits per heavy atom. The molecular formula is C23H19FN6O2. The van der Waals surface area contributed by atoms with E-state index in [1.165, 1.54) is 29.1 Å². The van der Waals surface area contributed by atoms with Crippen molar-refractivity contribution < 1.29 is 14.0 Å². The number of carbonyl (C=O) groups excluding carboxylic acids is 2. The van der Waals surface area contributed by atoms with Crippen LogP contribution in [0.4, 0.5) is 15.8 Å². The fraction of sp³-hybridized carbons (Fsp3) is 0.0870. The molecule has 0 atom stereocenters. The lowest BCUT2D eigenvalue weighted by Gasteiger charge is -2.11. The first-order valence-electron chi connectivity index (χ1n) is 9.78. The van der Waals surface area contributed by atoms with Crippen LogP contribution in [0.2, 0.25) is 0 Å². The number of rotatable bonds is 6. The molecule has 1 heterocycles. The van der Waals surface area contributed by atoms with Crippen LogP contribution < -0.4 is 10.6 Å². The first-order valence-corrected chi connectivity index (χ1v) is 9.78. The van der Waals surface area contributed by atoms with Gasteiger partial charge in [-0.2, -0.15) is 4.80 Å². The topological polar surface area (TPSA) is 102 Å². The second-order valence-electron chi connectivity index (χ2n) is 7.06. The molecular weight excluding hydrogens is 411 g/mol. The number of hydrogen-bond acceptors (Lipinski definition) is 5. The third-order valence-corrected chi connectivity index (χ3v) is 4.60. The fourth-order valence-corrected chi connectivity index (χ4v) is 2.97. The van der Waals surface area contributed by atoms with Crippen LogP contribution in [0.15, 0.2) is 72.8 Å². The highest BCUT2D eigenvalue weighted by Gasteiger charge is 2.15. The molecule has 1 aromatic heterocycles. The molecule has 32 heavy (non-hydrogen) atoms. The van der Waals surface area contributed by atoms with Crippen molar-refractivity contribution >= 4 is 23.2 Å². The van der Waals surface area contributed by atoms with Gasteiger partial charge in [-0.3, -0.25) is 9.59 Å². The number of hydrogen-bond donors (Lipinski definition) is 2. The minimum atomic E-state index is -0.437. The molecule has 0 saturated carbocycles. The van der Waals surface area contributed by atoms with Crippen molar-refractivity contribution in [2.24, 2.45) is 0 Å². The van der Waals surface area contributed by atoms with Crippen molar-refractivity contribution in [2.75, 3.05) is 10.6 Å². The smallest absolute Gasteiger partial charge is 0.257 e. The van der Waals surface area contributed by atoms with E-state index in [0.29, 0.717) is 17.2 Å². The average Bonchev–Trinajstić information content (AvgIpc) is 3.24. The zero-order valence-electron chi connectivity index (χ0n) is 17.1. The van der Waals surface area contributed by atoms with Crippen LogP contribution in [0.3, 0.4) is 0 Å². The quantitative estimate of drug-likeness (QED) is 0.486. The van der Waals surface area contributed by atoms with Crippen molar-refractivity contribution in [3.63, 3.8) is 0 Å². The molecule has 3 aromatic carbocycles. The molecule has 0 unspecified atom stereocenters. The Balaban J connectivity index is 1.43. The van der Waals surface area contributed by atoms with Crippen LogP contribution in [0.1, 0.15) is 15.9 Å². The predicted molar refractivity (Wildman–Crippen MR) is 117 cm³/mol. The Morgan fingerprint density at radius 3 is 2.41 bits per heavy atom. The summed E-state index contributed by atoms with van der Waals surface area (Å²) in [5.41, 5.74) is 2.94. The van der Waals surface area contributed by atoms with Crippen LogP contribution in [-0.4, -0.2) is 32.0 Å². The maximum absolute atomic E-state index is 13.1. The van der Waals surface area contributed by atoms with Gasteiger partial charge in [-0.15, -0.1) is 10.2 Å². The molecule has 4 aromatic rings. The molecule has 9 heteroatoms. The second kappa shape index (κ2) is 9.17. The Kier molecular flexibility index (Phi) is 5.98. The van der Waals surface area contributed by atoms with E-state index in [9.17, 15) is 14.0 Å². The lowest BCUT2D eigenvalue weighted by Crippen LogP contribution is -2.22. The number of aryl methyl sites for hydroxylation is 1. The Morgan fingerprint density at radius 1 is 0.938 bits per heavy atom. The third kappa shape index (κ3) is 5.01. The summed E-state index contributed by atoms with van der Waals surface area (Å²) >= 11 is 0. The zero-order chi connectivity index (χ0) is 22.5. The van der Waals surface area contributed by atoms with Gasteiger partial charge in [0.2, 0.25) is 11.7 Å². The van der Waals surface area contributed by atoms with Gasteiger partial charge in [-0.25, -0.2) is 4.39 Å². The predicted octanol–water partition coefficient (Wildman–Crippen LogP) is 3.68. The van der Waals surface area contributed by atoms with Crippen molar-refractivity contribution in [1.29, 1.82) is 0 Å². The molecule has 4 rings (SSSR count). The summed E-state index contributed by atoms with van der Waals surface area (Å²) in [6.45, 7) is 1.81. The normalized spacial score (nSPS) is 10.6. The summed E-state index contributed by atoms with van der Waals surface area (Å²) in [6, 6.07) is 19.6. The largest absolute Gasteiger partial charge is 0.324 e. The number of nitrogens with one attached hydrogen (secondary N) is 2. The minimum absolute atomic E-state index is 0.174. The van der Waals surface area contributed by atoms with Crippen LogP contribution >= 0.6 is 0 Å². The van der Waals surface area contributed by atoms with Gasteiger partial charge in [0, 0.05) is 11.3 Å². The first kappa shape index (κ1) is 20.9. The number of carbonyl (C=O) groups is 2. The van der Waals surface area contributed by atoms with Crippen molar-refractivity contribution in [3.8, 4) is 11.4 Å². The van der Waals surface area contributed by atoms with E-state index in [1.54, 1.807) is 24.3 Å². The van der Waals surface area contributed by atoms with E-state index in [0.717, 1.165) is 11.1 Å². The Labute approximate surface area is 183 Å². The number of para-hydroxylation sites is 1. The summed E-state index contributed by atoms with van der Waals surface area (Å²) in [5, 5.41) is 17.5. The van der Waals surface area contributed by atoms with E-state index in [1.807, 2.05) is 31.2 Å². The molecule has 0 radical (unpaired) electrons. The summed E-state index contributed by atoms with van der Waals surface area (Å²) in [6.07, 6.45) is 0. The van der Waals surface area contributed by atoms with E-state index in [2.05, 4.69) is 26.0 Å². The molecule has 0 spiro atoms. The van der Waals surface area contributed by atoms with Gasteiger partial charge in [0.1, 0.15) is 12.4 Å². The number of aromatic nitrogens is 4. The number of tetrazole rings is 1. The number of anilines is 2. The Bertz CT molecular complexity index is 1250. The average molecular weight is 430 g/mol. The second-order valence-corrected chi connectivity index (χ2v) is 7.06. The highest BCUT2D eigenvalue weighted by atomic mass is 19.1. The number of amides is 2. The zero-order valence-corrected chi connectivity index (χ0v) is 17.1. The van der Waals surface area contributed by atoms with Gasteiger partial charge in [-0.1, -0.05) is 42.0 Å². The van der Waals surface area contributed by atoms with E-state index in [-0.39, 0.29) is 12.1 Å². The molecule has 0 aliphatic rings. The number of benzene rings is 3. The molecule has 160 valence electrons.